The van der Waals surface area contributed by atoms with Crippen LogP contribution in [-0.2, 0) is 75.1 Å². The van der Waals surface area contributed by atoms with Gasteiger partial charge < -0.3 is 85.4 Å². The van der Waals surface area contributed by atoms with E-state index in [1.807, 2.05) is 61.5 Å². The number of ether oxygens (including phenoxy) is 1. The molecule has 0 radical (unpaired) electrons. The van der Waals surface area contributed by atoms with Gasteiger partial charge in [0.2, 0.25) is 70.9 Å². The van der Waals surface area contributed by atoms with E-state index in [-0.39, 0.29) is 80.8 Å². The van der Waals surface area contributed by atoms with Gasteiger partial charge in [0.05, 0.1) is 19.3 Å². The summed E-state index contributed by atoms with van der Waals surface area (Å²) >= 11 is 0. The van der Waals surface area contributed by atoms with Crippen molar-refractivity contribution >= 4 is 93.4 Å². The minimum atomic E-state index is -1.67. The van der Waals surface area contributed by atoms with Gasteiger partial charge in [0.25, 0.3) is 5.91 Å². The number of anilines is 1. The lowest BCUT2D eigenvalue weighted by Gasteiger charge is -2.41. The summed E-state index contributed by atoms with van der Waals surface area (Å²) in [5, 5.41) is 29.6. The van der Waals surface area contributed by atoms with Crippen molar-refractivity contribution < 1.29 is 76.6 Å². The first-order valence-corrected chi connectivity index (χ1v) is 41.8. The van der Waals surface area contributed by atoms with Gasteiger partial charge in [-0.15, -0.1) is 0 Å². The molecule has 1 aromatic heterocycles. The molecule has 0 saturated carbocycles. The quantitative estimate of drug-likeness (QED) is 0.0378. The molecule has 0 spiro atoms. The summed E-state index contributed by atoms with van der Waals surface area (Å²) < 4.78 is 11.8. The third-order valence-corrected chi connectivity index (χ3v) is 22.4. The van der Waals surface area contributed by atoms with Crippen molar-refractivity contribution in [3.05, 3.63) is 51.4 Å². The van der Waals surface area contributed by atoms with Crippen LogP contribution in [0.5, 0.6) is 0 Å². The van der Waals surface area contributed by atoms with Crippen LogP contribution >= 0.6 is 0 Å². The molecule has 31 nitrogen and oxygen atoms in total. The number of aliphatic hydroxyl groups excluding tert-OH is 1. The van der Waals surface area contributed by atoms with Crippen LogP contribution < -0.4 is 42.4 Å². The number of fused-ring (bicyclic) bond motifs is 2. The number of carbonyl (C=O) groups excluding carboxylic acids is 13. The summed E-state index contributed by atoms with van der Waals surface area (Å²) in [5.41, 5.74) is 3.09. The summed E-state index contributed by atoms with van der Waals surface area (Å²) in [6, 6.07) is -10.1. The Hall–Kier alpha value is -9.00. The molecule has 3 aliphatic rings. The molecule has 0 aliphatic carbocycles. The molecule has 7 N–H and O–H groups in total. The molecule has 5 rings (SSSR count). The largest absolute Gasteiger partial charge is 0.422 e. The first kappa shape index (κ1) is 97.6. The summed E-state index contributed by atoms with van der Waals surface area (Å²) in [7, 11) is 9.67. The highest BCUT2D eigenvalue weighted by atomic mass is 16.5. The molecule has 13 amide bonds. The van der Waals surface area contributed by atoms with E-state index in [1.54, 1.807) is 66.7 Å². The Morgan fingerprint density at radius 2 is 1.09 bits per heavy atom. The van der Waals surface area contributed by atoms with Crippen LogP contribution in [0.4, 0.5) is 5.69 Å². The molecular formula is C85H138N14O17. The maximum atomic E-state index is 15.5. The fraction of sp³-hybridized carbons (Fsp3) is 0.718. The molecule has 4 heterocycles. The summed E-state index contributed by atoms with van der Waals surface area (Å²) in [5.74, 6) is -12.4. The Bertz CT molecular complexity index is 3850. The Kier molecular flexibility index (Phi) is 37.9. The second-order valence-corrected chi connectivity index (χ2v) is 34.5. The smallest absolute Gasteiger partial charge is 0.349 e. The van der Waals surface area contributed by atoms with Crippen molar-refractivity contribution in [1.29, 1.82) is 0 Å². The average Bonchev–Trinajstić information content (AvgIpc) is 0.747. The third kappa shape index (κ3) is 26.0. The molecule has 1 fully saturated rings. The summed E-state index contributed by atoms with van der Waals surface area (Å²) in [4.78, 5) is 215. The fourth-order valence-electron chi connectivity index (χ4n) is 15.6. The molecule has 2 aromatic rings. The predicted molar refractivity (Wildman–Crippen MR) is 444 cm³/mol. The number of unbranched alkanes of at least 4 members (excludes halogenated alkanes) is 2. The number of aliphatic hydroxyl groups is 1. The Balaban J connectivity index is 1.51. The molecule has 650 valence electrons. The van der Waals surface area contributed by atoms with Crippen molar-refractivity contribution in [2.75, 3.05) is 100 Å². The van der Waals surface area contributed by atoms with Gasteiger partial charge in [-0.25, -0.2) is 4.79 Å². The number of hydrogen-bond donors (Lipinski definition) is 7. The molecule has 0 unspecified atom stereocenters. The monoisotopic (exact) mass is 1630 g/mol. The minimum Gasteiger partial charge on any atom is -0.422 e. The van der Waals surface area contributed by atoms with Gasteiger partial charge in [-0.1, -0.05) is 109 Å². The second-order valence-electron chi connectivity index (χ2n) is 34.5. The molecule has 1 saturated heterocycles. The van der Waals surface area contributed by atoms with E-state index in [1.165, 1.54) is 81.4 Å². The van der Waals surface area contributed by atoms with Gasteiger partial charge in [-0.3, -0.25) is 62.3 Å². The highest BCUT2D eigenvalue weighted by Gasteiger charge is 2.46. The Morgan fingerprint density at radius 1 is 0.569 bits per heavy atom. The average molecular weight is 1630 g/mol. The zero-order valence-electron chi connectivity index (χ0n) is 73.4. The SMILES string of the molecule is C/C=C/C[C@@H](C)[C@@H](O)[C@H]1C(=O)N[C@@H](CC)C(=O)N(C)CC(=O)N(C)[C@@H](CC(C)C)C(=O)N[C@@H](C(C)C)C(=O)N(C)[C@@H](CC(C)C)C(=O)N[C@@H](C)C(=O)N[C@H](COCC(=O)NCCCCCNC(=O)c2cc3cc4c5c(c3oc2=O)CCCN5CCC4)C(=O)N(C)[C@@H](CC(C)C)C(=O)N(C)[C@@H](CC(C)C)C(=O)N(C)[C@@H](C(C)C)C(=O)N1C. The van der Waals surface area contributed by atoms with Crippen LogP contribution in [0.15, 0.2) is 33.5 Å². The lowest BCUT2D eigenvalue weighted by Crippen LogP contribution is -2.63. The van der Waals surface area contributed by atoms with E-state index in [9.17, 15) is 48.3 Å². The maximum absolute atomic E-state index is 15.5. The molecule has 31 heteroatoms. The summed E-state index contributed by atoms with van der Waals surface area (Å²) in [6.07, 6.45) is 7.73. The van der Waals surface area contributed by atoms with Crippen molar-refractivity contribution in [3.8, 4) is 0 Å². The topological polar surface area (TPSA) is 380 Å². The normalized spacial score (nSPS) is 23.9. The standard InChI is InChI=1S/C85H138N14O17/c1-24-26-32-54(15)72(102)71-78(107)89-60(25-2)79(108)92(17)45-67(101)93(18)62(39-48(3)4)77(106)91-68(52(11)12)83(112)94(19)63(40-49(5)6)76(105)88-55(16)74(103)90-61(80(109)95(20)64(41-50(7)8)81(110)96(21)65(42-51(9)10)82(111)97(22)69(53(13)14)84(113)98(71)23)46-115-47-66(100)86-35-28-27-29-36-87-75(104)59-44-57-43-56-33-30-37-99-38-31-34-58(70(56)99)73(57)116-85(59)114/h24,26,43-44,48-55,60-65,68-69,71-72,102H,25,27-42,45-47H2,1-23H3,(H,86,100)(H,87,104)(H,88,105)(H,89,107)(H,90,103)(H,91,106)/b26-24+/t54-,55+,60+,61-,62+,63+,64+,65+,68+,69+,71+,72-/m1/s1. The van der Waals surface area contributed by atoms with E-state index in [0.29, 0.717) is 30.2 Å². The zero-order chi connectivity index (χ0) is 87.2. The van der Waals surface area contributed by atoms with Crippen molar-refractivity contribution in [2.24, 2.45) is 41.4 Å². The van der Waals surface area contributed by atoms with Gasteiger partial charge in [-0.2, -0.15) is 0 Å². The van der Waals surface area contributed by atoms with Crippen LogP contribution in [-0.4, -0.2) is 278 Å². The second kappa shape index (κ2) is 45.1. The van der Waals surface area contributed by atoms with Gasteiger partial charge in [0, 0.05) is 92.1 Å². The number of benzene rings is 1. The first-order chi connectivity index (χ1) is 54.4. The van der Waals surface area contributed by atoms with Crippen molar-refractivity contribution in [3.63, 3.8) is 0 Å². The number of rotatable bonds is 26. The number of aryl methyl sites for hydroxylation is 2. The van der Waals surface area contributed by atoms with E-state index in [2.05, 4.69) is 36.8 Å². The maximum Gasteiger partial charge on any atom is 0.349 e. The van der Waals surface area contributed by atoms with Gasteiger partial charge in [0.15, 0.2) is 0 Å². The molecule has 1 aromatic carbocycles. The van der Waals surface area contributed by atoms with E-state index >= 15 is 24.0 Å². The van der Waals surface area contributed by atoms with Crippen LogP contribution in [0.25, 0.3) is 11.0 Å². The van der Waals surface area contributed by atoms with Crippen molar-refractivity contribution in [1.82, 2.24) is 66.2 Å². The number of likely N-dealkylation sites (N-methyl/N-ethyl adjacent to an activating group) is 7. The van der Waals surface area contributed by atoms with E-state index in [0.717, 1.165) is 64.7 Å². The number of nitrogens with zero attached hydrogens (tertiary/aromatic N) is 8. The lowest BCUT2D eigenvalue weighted by molar-refractivity contribution is -0.157. The van der Waals surface area contributed by atoms with Crippen LogP contribution in [0.1, 0.15) is 203 Å². The molecule has 3 aliphatic heterocycles. The lowest BCUT2D eigenvalue weighted by atomic mass is 9.90. The molecular weight excluding hydrogens is 1490 g/mol. The van der Waals surface area contributed by atoms with Crippen molar-refractivity contribution in [2.45, 2.75) is 261 Å². The number of carbonyl (C=O) groups is 13. The van der Waals surface area contributed by atoms with Gasteiger partial charge >= 0.3 is 5.63 Å². The molecule has 0 bridgehead atoms. The van der Waals surface area contributed by atoms with Gasteiger partial charge in [0.1, 0.15) is 78.2 Å². The minimum absolute atomic E-state index is 0.0123. The third-order valence-electron chi connectivity index (χ3n) is 22.4. The molecule has 116 heavy (non-hydrogen) atoms. The van der Waals surface area contributed by atoms with Crippen LogP contribution in [0.3, 0.4) is 0 Å². The summed E-state index contributed by atoms with van der Waals surface area (Å²) in [6.45, 7) is 28.5. The van der Waals surface area contributed by atoms with E-state index in [4.69, 9.17) is 9.15 Å². The number of amides is 13. The Labute approximate surface area is 686 Å². The number of hydrogen-bond acceptors (Lipinski definition) is 18. The fourth-order valence-corrected chi connectivity index (χ4v) is 15.6. The zero-order valence-corrected chi connectivity index (χ0v) is 73.4. The molecule has 12 atom stereocenters. The van der Waals surface area contributed by atoms with E-state index < -0.39 is 186 Å². The van der Waals surface area contributed by atoms with Crippen LogP contribution in [0.2, 0.25) is 0 Å². The number of allylic oxidation sites excluding steroid dienone is 2. The number of nitrogens with one attached hydrogen (secondary N) is 6. The predicted octanol–water partition coefficient (Wildman–Crippen LogP) is 4.79. The Morgan fingerprint density at radius 3 is 1.65 bits per heavy atom. The van der Waals surface area contributed by atoms with Gasteiger partial charge in [-0.05, 0) is 156 Å². The highest BCUT2D eigenvalue weighted by Crippen LogP contribution is 2.40. The highest BCUT2D eigenvalue weighted by molar-refractivity contribution is 6.01. The first-order valence-electron chi connectivity index (χ1n) is 41.8. The van der Waals surface area contributed by atoms with Crippen LogP contribution in [0, 0.1) is 41.4 Å².